The van der Waals surface area contributed by atoms with Gasteiger partial charge in [0.25, 0.3) is 5.91 Å². The largest absolute Gasteiger partial charge is 0.444 e. The first-order chi connectivity index (χ1) is 15.1. The van der Waals surface area contributed by atoms with Crippen molar-refractivity contribution in [1.29, 1.82) is 0 Å². The topological polar surface area (TPSA) is 89.1 Å². The van der Waals surface area contributed by atoms with E-state index in [9.17, 15) is 4.79 Å². The summed E-state index contributed by atoms with van der Waals surface area (Å²) in [5.41, 5.74) is 4.62. The fraction of sp³-hybridized carbons (Fsp3) is 0.304. The van der Waals surface area contributed by atoms with E-state index in [-0.39, 0.29) is 11.6 Å². The summed E-state index contributed by atoms with van der Waals surface area (Å²) in [5.74, 6) is 0.0922. The molecule has 0 unspecified atom stereocenters. The van der Waals surface area contributed by atoms with Gasteiger partial charge in [0.15, 0.2) is 5.69 Å². The molecule has 1 amide bonds. The molecule has 1 fully saturated rings. The van der Waals surface area contributed by atoms with Crippen molar-refractivity contribution in [3.63, 3.8) is 0 Å². The van der Waals surface area contributed by atoms with Gasteiger partial charge in [-0.25, -0.2) is 4.98 Å². The van der Waals surface area contributed by atoms with Gasteiger partial charge in [-0.1, -0.05) is 0 Å². The highest BCUT2D eigenvalue weighted by molar-refractivity contribution is 6.06. The van der Waals surface area contributed by atoms with E-state index in [0.29, 0.717) is 5.89 Å². The van der Waals surface area contributed by atoms with Gasteiger partial charge in [-0.15, -0.1) is 0 Å². The first-order valence-electron chi connectivity index (χ1n) is 10.5. The lowest BCUT2D eigenvalue weighted by Gasteiger charge is -2.30. The van der Waals surface area contributed by atoms with Crippen LogP contribution in [0.25, 0.3) is 22.4 Å². The summed E-state index contributed by atoms with van der Waals surface area (Å²) in [7, 11) is 1.90. The van der Waals surface area contributed by atoms with Crippen molar-refractivity contribution >= 4 is 28.2 Å². The highest BCUT2D eigenvalue weighted by atomic mass is 16.3. The van der Waals surface area contributed by atoms with Gasteiger partial charge in [-0.3, -0.25) is 14.5 Å². The summed E-state index contributed by atoms with van der Waals surface area (Å²) in [6.07, 6.45) is 8.48. The normalized spacial score (nSPS) is 14.2. The van der Waals surface area contributed by atoms with E-state index in [0.717, 1.165) is 59.5 Å². The van der Waals surface area contributed by atoms with Crippen LogP contribution in [0.4, 0.5) is 11.4 Å². The fourth-order valence-corrected chi connectivity index (χ4v) is 4.06. The van der Waals surface area contributed by atoms with Crippen LogP contribution in [-0.2, 0) is 7.05 Å². The number of carbonyl (C=O) groups excluding carboxylic acids is 1. The lowest BCUT2D eigenvalue weighted by atomic mass is 10.1. The molecule has 158 valence electrons. The zero-order chi connectivity index (χ0) is 21.4. The van der Waals surface area contributed by atoms with Crippen LogP contribution in [0.1, 0.15) is 35.4 Å². The number of fused-ring (bicyclic) bond motifs is 1. The average molecular weight is 416 g/mol. The third kappa shape index (κ3) is 3.76. The summed E-state index contributed by atoms with van der Waals surface area (Å²) >= 11 is 0. The molecule has 0 radical (unpaired) electrons. The van der Waals surface area contributed by atoms with Crippen molar-refractivity contribution in [2.24, 2.45) is 7.05 Å². The van der Waals surface area contributed by atoms with Crippen LogP contribution < -0.4 is 10.2 Å². The smallest absolute Gasteiger partial charge is 0.277 e. The van der Waals surface area contributed by atoms with Gasteiger partial charge in [-0.05, 0) is 50.5 Å². The van der Waals surface area contributed by atoms with E-state index in [1.54, 1.807) is 6.20 Å². The minimum absolute atomic E-state index is 0.235. The highest BCUT2D eigenvalue weighted by Crippen LogP contribution is 2.33. The zero-order valence-corrected chi connectivity index (χ0v) is 17.6. The number of benzene rings is 1. The zero-order valence-electron chi connectivity index (χ0n) is 17.6. The molecule has 0 saturated carbocycles. The Bertz CT molecular complexity index is 1250. The van der Waals surface area contributed by atoms with Gasteiger partial charge in [0.2, 0.25) is 5.89 Å². The minimum Gasteiger partial charge on any atom is -0.444 e. The molecular weight excluding hydrogens is 392 g/mol. The van der Waals surface area contributed by atoms with Crippen molar-refractivity contribution in [1.82, 2.24) is 19.7 Å². The second-order valence-electron chi connectivity index (χ2n) is 7.92. The molecule has 8 nitrogen and oxygen atoms in total. The number of piperidine rings is 1. The molecule has 1 N–H and O–H groups in total. The van der Waals surface area contributed by atoms with Crippen LogP contribution in [-0.4, -0.2) is 38.7 Å². The van der Waals surface area contributed by atoms with Gasteiger partial charge >= 0.3 is 0 Å². The van der Waals surface area contributed by atoms with Gasteiger partial charge in [0, 0.05) is 43.0 Å². The summed E-state index contributed by atoms with van der Waals surface area (Å²) < 4.78 is 7.37. The Labute approximate surface area is 179 Å². The van der Waals surface area contributed by atoms with E-state index >= 15 is 0 Å². The number of anilines is 2. The van der Waals surface area contributed by atoms with Crippen molar-refractivity contribution in [3.8, 4) is 11.5 Å². The quantitative estimate of drug-likeness (QED) is 0.537. The Hall–Kier alpha value is -3.68. The number of nitrogens with one attached hydrogen (secondary N) is 1. The molecule has 1 aliphatic rings. The Balaban J connectivity index is 1.46. The van der Waals surface area contributed by atoms with Gasteiger partial charge in [0.1, 0.15) is 6.26 Å². The monoisotopic (exact) mass is 416 g/mol. The molecule has 1 aliphatic heterocycles. The van der Waals surface area contributed by atoms with Crippen LogP contribution in [0.2, 0.25) is 0 Å². The number of pyridine rings is 1. The number of hydrogen-bond donors (Lipinski definition) is 1. The van der Waals surface area contributed by atoms with Gasteiger partial charge in [0.05, 0.1) is 23.1 Å². The van der Waals surface area contributed by atoms with Crippen molar-refractivity contribution in [2.45, 2.75) is 26.2 Å². The summed E-state index contributed by atoms with van der Waals surface area (Å²) in [5, 5.41) is 8.46. The molecule has 4 aromatic rings. The molecular formula is C23H24N6O2. The third-order valence-corrected chi connectivity index (χ3v) is 5.69. The number of aromatic nitrogens is 4. The first kappa shape index (κ1) is 19.3. The van der Waals surface area contributed by atoms with E-state index in [2.05, 4.69) is 31.3 Å². The molecule has 5 rings (SSSR count). The van der Waals surface area contributed by atoms with Crippen LogP contribution in [0.3, 0.4) is 0 Å². The second kappa shape index (κ2) is 7.86. The van der Waals surface area contributed by atoms with E-state index in [1.807, 2.05) is 43.0 Å². The number of carbonyl (C=O) groups is 1. The predicted octanol–water partition coefficient (Wildman–Crippen LogP) is 4.17. The van der Waals surface area contributed by atoms with Crippen LogP contribution in [0, 0.1) is 6.92 Å². The Kier molecular flexibility index (Phi) is 4.89. The van der Waals surface area contributed by atoms with Crippen molar-refractivity contribution < 1.29 is 9.21 Å². The number of nitrogens with zero attached hydrogens (tertiary/aromatic N) is 5. The van der Waals surface area contributed by atoms with Crippen molar-refractivity contribution in [2.75, 3.05) is 23.3 Å². The Morgan fingerprint density at radius 1 is 1.16 bits per heavy atom. The number of amides is 1. The maximum Gasteiger partial charge on any atom is 0.277 e. The molecule has 0 aliphatic carbocycles. The first-order valence-corrected chi connectivity index (χ1v) is 10.5. The summed E-state index contributed by atoms with van der Waals surface area (Å²) in [6, 6.07) is 7.78. The Morgan fingerprint density at radius 3 is 2.81 bits per heavy atom. The third-order valence-electron chi connectivity index (χ3n) is 5.69. The molecule has 0 atom stereocenters. The lowest BCUT2D eigenvalue weighted by Crippen LogP contribution is -2.30. The van der Waals surface area contributed by atoms with Crippen LogP contribution in [0.5, 0.6) is 0 Å². The minimum atomic E-state index is -0.305. The van der Waals surface area contributed by atoms with Gasteiger partial charge < -0.3 is 14.6 Å². The molecule has 31 heavy (non-hydrogen) atoms. The van der Waals surface area contributed by atoms with E-state index in [4.69, 9.17) is 4.42 Å². The van der Waals surface area contributed by atoms with E-state index < -0.39 is 0 Å². The second-order valence-corrected chi connectivity index (χ2v) is 7.92. The molecule has 0 bridgehead atoms. The number of oxazole rings is 1. The number of aryl methyl sites for hydroxylation is 2. The molecule has 4 heterocycles. The molecule has 1 aromatic carbocycles. The number of hydrogen-bond acceptors (Lipinski definition) is 6. The van der Waals surface area contributed by atoms with Crippen LogP contribution >= 0.6 is 0 Å². The maximum absolute atomic E-state index is 13.0. The van der Waals surface area contributed by atoms with Crippen molar-refractivity contribution in [3.05, 3.63) is 54.3 Å². The Morgan fingerprint density at radius 2 is 2.00 bits per heavy atom. The molecule has 1 saturated heterocycles. The summed E-state index contributed by atoms with van der Waals surface area (Å²) in [4.78, 5) is 23.9. The maximum atomic E-state index is 13.0. The SMILES string of the molecule is Cc1cc(-c2nc(C(=O)Nc3cc4c(cnn4C)cc3N3CCCCC3)co2)ccn1. The van der Waals surface area contributed by atoms with E-state index in [1.165, 1.54) is 12.7 Å². The predicted molar refractivity (Wildman–Crippen MR) is 119 cm³/mol. The van der Waals surface area contributed by atoms with Crippen LogP contribution in [0.15, 0.2) is 47.3 Å². The fourth-order valence-electron chi connectivity index (χ4n) is 4.06. The molecule has 8 heteroatoms. The standard InChI is InChI=1S/C23H24N6O2/c1-15-10-16(6-7-24-15)23-27-19(14-31-23)22(30)26-18-12-20-17(13-25-28(20)2)11-21(18)29-8-4-3-5-9-29/h6-7,10-14H,3-5,8-9H2,1-2H3,(H,26,30). The average Bonchev–Trinajstić information content (AvgIpc) is 3.42. The van der Waals surface area contributed by atoms with Gasteiger partial charge in [-0.2, -0.15) is 5.10 Å². The summed E-state index contributed by atoms with van der Waals surface area (Å²) in [6.45, 7) is 3.85. The highest BCUT2D eigenvalue weighted by Gasteiger charge is 2.20. The number of rotatable bonds is 4. The lowest BCUT2D eigenvalue weighted by molar-refractivity contribution is 0.102. The molecule has 3 aromatic heterocycles. The molecule has 0 spiro atoms.